The van der Waals surface area contributed by atoms with E-state index in [-0.39, 0.29) is 0 Å². The lowest BCUT2D eigenvalue weighted by Crippen LogP contribution is -2.02. The summed E-state index contributed by atoms with van der Waals surface area (Å²) in [6, 6.07) is 1.87. The zero-order valence-corrected chi connectivity index (χ0v) is 9.50. The first-order chi connectivity index (χ1) is 7.34. The molecule has 1 heterocycles. The highest BCUT2D eigenvalue weighted by molar-refractivity contribution is 6.33. The number of aliphatic hydroxyl groups is 1. The Morgan fingerprint density at radius 2 is 2.07 bits per heavy atom. The third kappa shape index (κ3) is 5.00. The first-order valence-corrected chi connectivity index (χ1v) is 5.66. The van der Waals surface area contributed by atoms with E-state index in [4.69, 9.17) is 16.7 Å². The molecule has 0 aliphatic rings. The Morgan fingerprint density at radius 3 is 2.80 bits per heavy atom. The third-order valence-electron chi connectivity index (χ3n) is 2.17. The van der Waals surface area contributed by atoms with Crippen LogP contribution in [0.3, 0.4) is 0 Å². The van der Waals surface area contributed by atoms with Gasteiger partial charge in [-0.15, -0.1) is 0 Å². The van der Waals surface area contributed by atoms with Crippen molar-refractivity contribution in [3.05, 3.63) is 23.5 Å². The lowest BCUT2D eigenvalue weighted by molar-refractivity contribution is 0.283. The summed E-state index contributed by atoms with van der Waals surface area (Å²) in [5.74, 6) is 0. The van der Waals surface area contributed by atoms with Gasteiger partial charge in [-0.25, -0.2) is 0 Å². The lowest BCUT2D eigenvalue weighted by Gasteiger charge is -2.07. The van der Waals surface area contributed by atoms with Gasteiger partial charge in [-0.3, -0.25) is 4.98 Å². The van der Waals surface area contributed by atoms with Crippen LogP contribution in [-0.2, 0) is 0 Å². The van der Waals surface area contributed by atoms with Gasteiger partial charge in [-0.1, -0.05) is 24.4 Å². The summed E-state index contributed by atoms with van der Waals surface area (Å²) in [5.41, 5.74) is 0.939. The molecule has 0 fully saturated rings. The van der Waals surface area contributed by atoms with Gasteiger partial charge in [0.15, 0.2) is 0 Å². The van der Waals surface area contributed by atoms with E-state index >= 15 is 0 Å². The van der Waals surface area contributed by atoms with Gasteiger partial charge >= 0.3 is 0 Å². The minimum Gasteiger partial charge on any atom is -0.396 e. The standard InChI is InChI=1S/C11H17ClN2O/c12-10-9-13-7-5-11(10)14-6-3-1-2-4-8-15/h5,7,9,15H,1-4,6,8H2,(H,13,14). The number of unbranched alkanes of at least 4 members (excludes halogenated alkanes) is 3. The largest absolute Gasteiger partial charge is 0.396 e. The maximum absolute atomic E-state index is 8.60. The SMILES string of the molecule is OCCCCCCNc1ccncc1Cl. The summed E-state index contributed by atoms with van der Waals surface area (Å²) in [5, 5.41) is 12.5. The summed E-state index contributed by atoms with van der Waals surface area (Å²) in [7, 11) is 0. The van der Waals surface area contributed by atoms with Crippen LogP contribution in [0.4, 0.5) is 5.69 Å². The smallest absolute Gasteiger partial charge is 0.0820 e. The molecule has 1 aromatic heterocycles. The first-order valence-electron chi connectivity index (χ1n) is 5.29. The van der Waals surface area contributed by atoms with Crippen molar-refractivity contribution in [2.75, 3.05) is 18.5 Å². The zero-order chi connectivity index (χ0) is 10.9. The van der Waals surface area contributed by atoms with Crippen molar-refractivity contribution in [2.45, 2.75) is 25.7 Å². The molecule has 0 aliphatic carbocycles. The molecule has 2 N–H and O–H groups in total. The second-order valence-electron chi connectivity index (χ2n) is 3.42. The van der Waals surface area contributed by atoms with E-state index in [9.17, 15) is 0 Å². The van der Waals surface area contributed by atoms with E-state index in [1.54, 1.807) is 12.4 Å². The molecule has 3 nitrogen and oxygen atoms in total. The van der Waals surface area contributed by atoms with Gasteiger partial charge in [0.2, 0.25) is 0 Å². The summed E-state index contributed by atoms with van der Waals surface area (Å²) in [6.45, 7) is 1.21. The quantitative estimate of drug-likeness (QED) is 0.706. The zero-order valence-electron chi connectivity index (χ0n) is 8.75. The van der Waals surface area contributed by atoms with Crippen LogP contribution in [0.5, 0.6) is 0 Å². The predicted octanol–water partition coefficient (Wildman–Crippen LogP) is 2.70. The molecule has 0 unspecified atom stereocenters. The second kappa shape index (κ2) is 7.49. The average molecular weight is 229 g/mol. The van der Waals surface area contributed by atoms with Crippen LogP contribution in [-0.4, -0.2) is 23.2 Å². The van der Waals surface area contributed by atoms with Crippen LogP contribution in [0, 0.1) is 0 Å². The number of aromatic nitrogens is 1. The number of nitrogens with zero attached hydrogens (tertiary/aromatic N) is 1. The molecule has 0 saturated heterocycles. The molecule has 0 amide bonds. The Kier molecular flexibility index (Phi) is 6.12. The molecule has 0 atom stereocenters. The van der Waals surface area contributed by atoms with Gasteiger partial charge in [0.25, 0.3) is 0 Å². The van der Waals surface area contributed by atoms with E-state index < -0.39 is 0 Å². The van der Waals surface area contributed by atoms with E-state index in [0.29, 0.717) is 11.6 Å². The van der Waals surface area contributed by atoms with Crippen molar-refractivity contribution in [1.82, 2.24) is 4.98 Å². The highest BCUT2D eigenvalue weighted by Gasteiger charge is 1.97. The Labute approximate surface area is 95.5 Å². The minimum absolute atomic E-state index is 0.295. The van der Waals surface area contributed by atoms with E-state index in [0.717, 1.165) is 37.9 Å². The van der Waals surface area contributed by atoms with Gasteiger partial charge in [-0.05, 0) is 18.9 Å². The molecule has 0 radical (unpaired) electrons. The Bertz CT molecular complexity index is 281. The number of rotatable bonds is 7. The van der Waals surface area contributed by atoms with Crippen LogP contribution in [0.2, 0.25) is 5.02 Å². The van der Waals surface area contributed by atoms with E-state index in [1.807, 2.05) is 6.07 Å². The molecule has 84 valence electrons. The second-order valence-corrected chi connectivity index (χ2v) is 3.83. The highest BCUT2D eigenvalue weighted by atomic mass is 35.5. The number of nitrogens with one attached hydrogen (secondary N) is 1. The maximum Gasteiger partial charge on any atom is 0.0820 e. The Morgan fingerprint density at radius 1 is 1.27 bits per heavy atom. The molecule has 1 rings (SSSR count). The normalized spacial score (nSPS) is 10.3. The first kappa shape index (κ1) is 12.3. The van der Waals surface area contributed by atoms with Crippen LogP contribution in [0.15, 0.2) is 18.5 Å². The van der Waals surface area contributed by atoms with Crippen LogP contribution in [0.1, 0.15) is 25.7 Å². The Balaban J connectivity index is 2.12. The van der Waals surface area contributed by atoms with Crippen LogP contribution < -0.4 is 5.32 Å². The molecule has 1 aromatic rings. The average Bonchev–Trinajstić information content (AvgIpc) is 2.25. The van der Waals surface area contributed by atoms with Gasteiger partial charge in [0.05, 0.1) is 10.7 Å². The van der Waals surface area contributed by atoms with Crippen LogP contribution in [0.25, 0.3) is 0 Å². The molecule has 4 heteroatoms. The fourth-order valence-corrected chi connectivity index (χ4v) is 1.52. The van der Waals surface area contributed by atoms with Crippen molar-refractivity contribution in [3.8, 4) is 0 Å². The monoisotopic (exact) mass is 228 g/mol. The number of anilines is 1. The topological polar surface area (TPSA) is 45.1 Å². The van der Waals surface area contributed by atoms with E-state index in [1.165, 1.54) is 0 Å². The maximum atomic E-state index is 8.60. The number of halogens is 1. The lowest BCUT2D eigenvalue weighted by atomic mass is 10.2. The van der Waals surface area contributed by atoms with Gasteiger partial charge in [-0.2, -0.15) is 0 Å². The molecule has 0 aromatic carbocycles. The summed E-state index contributed by atoms with van der Waals surface area (Å²) in [6.07, 6.45) is 7.57. The van der Waals surface area contributed by atoms with Crippen molar-refractivity contribution < 1.29 is 5.11 Å². The van der Waals surface area contributed by atoms with Crippen LogP contribution >= 0.6 is 11.6 Å². The number of aliphatic hydroxyl groups excluding tert-OH is 1. The predicted molar refractivity (Wildman–Crippen MR) is 63.3 cm³/mol. The number of hydrogen-bond donors (Lipinski definition) is 2. The number of pyridine rings is 1. The molecule has 0 spiro atoms. The van der Waals surface area contributed by atoms with E-state index in [2.05, 4.69) is 10.3 Å². The van der Waals surface area contributed by atoms with Crippen molar-refractivity contribution in [2.24, 2.45) is 0 Å². The van der Waals surface area contributed by atoms with Crippen molar-refractivity contribution >= 4 is 17.3 Å². The summed E-state index contributed by atoms with van der Waals surface area (Å²) in [4.78, 5) is 3.91. The summed E-state index contributed by atoms with van der Waals surface area (Å²) >= 11 is 5.93. The van der Waals surface area contributed by atoms with Gasteiger partial charge in [0, 0.05) is 25.5 Å². The highest BCUT2D eigenvalue weighted by Crippen LogP contribution is 2.18. The molecule has 0 aliphatic heterocycles. The van der Waals surface area contributed by atoms with Crippen molar-refractivity contribution in [3.63, 3.8) is 0 Å². The molecular formula is C11H17ClN2O. The molecule has 0 saturated carbocycles. The van der Waals surface area contributed by atoms with Gasteiger partial charge in [0.1, 0.15) is 0 Å². The Hall–Kier alpha value is -0.800. The summed E-state index contributed by atoms with van der Waals surface area (Å²) < 4.78 is 0. The van der Waals surface area contributed by atoms with Crippen molar-refractivity contribution in [1.29, 1.82) is 0 Å². The molecular weight excluding hydrogens is 212 g/mol. The number of hydrogen-bond acceptors (Lipinski definition) is 3. The fourth-order valence-electron chi connectivity index (χ4n) is 1.33. The fraction of sp³-hybridized carbons (Fsp3) is 0.545. The van der Waals surface area contributed by atoms with Gasteiger partial charge < -0.3 is 10.4 Å². The molecule has 15 heavy (non-hydrogen) atoms. The molecule has 0 bridgehead atoms. The minimum atomic E-state index is 0.295. The third-order valence-corrected chi connectivity index (χ3v) is 2.47.